The predicted octanol–water partition coefficient (Wildman–Crippen LogP) is 2.73. The number of nitrogens with zero attached hydrogens (tertiary/aromatic N) is 2. The third-order valence-electron chi connectivity index (χ3n) is 2.98. The van der Waals surface area contributed by atoms with Crippen molar-refractivity contribution in [3.63, 3.8) is 0 Å². The fraction of sp³-hybridized carbons (Fsp3) is 0.333. The highest BCUT2D eigenvalue weighted by molar-refractivity contribution is 5.90. The minimum absolute atomic E-state index is 0.0107. The lowest BCUT2D eigenvalue weighted by molar-refractivity contribution is 0.0280. The van der Waals surface area contributed by atoms with Crippen molar-refractivity contribution in [1.29, 1.82) is 0 Å². The number of ether oxygens (including phenoxy) is 2. The van der Waals surface area contributed by atoms with E-state index in [-0.39, 0.29) is 18.8 Å². The summed E-state index contributed by atoms with van der Waals surface area (Å²) in [6, 6.07) is 9.52. The van der Waals surface area contributed by atoms with E-state index >= 15 is 0 Å². The normalized spacial score (nSPS) is 10.9. The molecule has 7 heteroatoms. The van der Waals surface area contributed by atoms with Gasteiger partial charge in [0.05, 0.1) is 19.4 Å². The molecule has 0 atom stereocenters. The lowest BCUT2D eigenvalue weighted by atomic mass is 10.2. The van der Waals surface area contributed by atoms with Gasteiger partial charge in [-0.05, 0) is 5.56 Å². The summed E-state index contributed by atoms with van der Waals surface area (Å²) in [5.41, 5.74) is 0.330. The van der Waals surface area contributed by atoms with Gasteiger partial charge in [0.25, 0.3) is 6.43 Å². The van der Waals surface area contributed by atoms with Crippen LogP contribution in [0.3, 0.4) is 0 Å². The molecular weight excluding hydrogens is 294 g/mol. The summed E-state index contributed by atoms with van der Waals surface area (Å²) in [6.45, 7) is 0.571. The molecule has 2 rings (SSSR count). The Morgan fingerprint density at radius 3 is 2.68 bits per heavy atom. The summed E-state index contributed by atoms with van der Waals surface area (Å²) in [7, 11) is 1.35. The van der Waals surface area contributed by atoms with Gasteiger partial charge in [-0.25, -0.2) is 13.6 Å². The molecule has 1 aromatic carbocycles. The van der Waals surface area contributed by atoms with E-state index < -0.39 is 18.1 Å². The summed E-state index contributed by atoms with van der Waals surface area (Å²) in [5, 5.41) is 3.65. The molecule has 0 saturated carbocycles. The summed E-state index contributed by atoms with van der Waals surface area (Å²) < 4.78 is 36.9. The van der Waals surface area contributed by atoms with Gasteiger partial charge in [0.1, 0.15) is 17.9 Å². The predicted molar refractivity (Wildman–Crippen MR) is 74.5 cm³/mol. The fourth-order valence-electron chi connectivity index (χ4n) is 1.90. The molecule has 22 heavy (non-hydrogen) atoms. The van der Waals surface area contributed by atoms with Gasteiger partial charge in [-0.15, -0.1) is 0 Å². The molecule has 1 heterocycles. The molecule has 0 fully saturated rings. The second-order valence-electron chi connectivity index (χ2n) is 4.54. The number of benzene rings is 1. The molecule has 0 N–H and O–H groups in total. The lowest BCUT2D eigenvalue weighted by Gasteiger charge is -2.07. The van der Waals surface area contributed by atoms with Crippen molar-refractivity contribution in [3.8, 4) is 0 Å². The van der Waals surface area contributed by atoms with Gasteiger partial charge < -0.3 is 9.47 Å². The number of carbonyl (C=O) groups is 1. The van der Waals surface area contributed by atoms with E-state index in [0.717, 1.165) is 16.4 Å². The standard InChI is InChI=1S/C15H16F2N2O3/c1-19-13(14(16)17)12(9-18-19)15(20)22-8-7-21-10-11-5-3-2-4-6-11/h2-6,9,14H,7-8,10H2,1H3. The Hall–Kier alpha value is -2.28. The third-order valence-corrected chi connectivity index (χ3v) is 2.98. The summed E-state index contributed by atoms with van der Waals surface area (Å²) >= 11 is 0. The topological polar surface area (TPSA) is 53.4 Å². The van der Waals surface area contributed by atoms with Crippen molar-refractivity contribution >= 4 is 5.97 Å². The first-order chi connectivity index (χ1) is 10.6. The van der Waals surface area contributed by atoms with Crippen molar-refractivity contribution in [1.82, 2.24) is 9.78 Å². The molecule has 0 saturated heterocycles. The molecule has 0 radical (unpaired) electrons. The molecular formula is C15H16F2N2O3. The van der Waals surface area contributed by atoms with Gasteiger partial charge in [-0.3, -0.25) is 4.68 Å². The van der Waals surface area contributed by atoms with Crippen molar-refractivity contribution in [2.75, 3.05) is 13.2 Å². The second-order valence-corrected chi connectivity index (χ2v) is 4.54. The minimum Gasteiger partial charge on any atom is -0.460 e. The van der Waals surface area contributed by atoms with Crippen LogP contribution in [-0.4, -0.2) is 29.0 Å². The summed E-state index contributed by atoms with van der Waals surface area (Å²) in [6.07, 6.45) is -1.71. The van der Waals surface area contributed by atoms with E-state index in [1.54, 1.807) is 0 Å². The van der Waals surface area contributed by atoms with E-state index in [1.165, 1.54) is 7.05 Å². The first-order valence-electron chi connectivity index (χ1n) is 6.68. The van der Waals surface area contributed by atoms with Crippen LogP contribution in [0.4, 0.5) is 8.78 Å². The molecule has 0 aliphatic heterocycles. The zero-order chi connectivity index (χ0) is 15.9. The maximum absolute atomic E-state index is 12.8. The van der Waals surface area contributed by atoms with Gasteiger partial charge in [-0.1, -0.05) is 30.3 Å². The molecule has 1 aromatic heterocycles. The first-order valence-corrected chi connectivity index (χ1v) is 6.68. The Bertz CT molecular complexity index is 615. The van der Waals surface area contributed by atoms with Gasteiger partial charge in [0, 0.05) is 7.05 Å². The molecule has 0 amide bonds. The van der Waals surface area contributed by atoms with E-state index in [9.17, 15) is 13.6 Å². The van der Waals surface area contributed by atoms with Crippen LogP contribution in [0.1, 0.15) is 28.0 Å². The summed E-state index contributed by atoms with van der Waals surface area (Å²) in [5.74, 6) is -0.827. The van der Waals surface area contributed by atoms with Crippen LogP contribution in [0.2, 0.25) is 0 Å². The monoisotopic (exact) mass is 310 g/mol. The maximum Gasteiger partial charge on any atom is 0.341 e. The summed E-state index contributed by atoms with van der Waals surface area (Å²) in [4.78, 5) is 11.8. The Kier molecular flexibility index (Phi) is 5.60. The van der Waals surface area contributed by atoms with Gasteiger partial charge in [-0.2, -0.15) is 5.10 Å². The average molecular weight is 310 g/mol. The van der Waals surface area contributed by atoms with Gasteiger partial charge >= 0.3 is 5.97 Å². The van der Waals surface area contributed by atoms with Crippen LogP contribution in [-0.2, 0) is 23.1 Å². The van der Waals surface area contributed by atoms with E-state index in [4.69, 9.17) is 9.47 Å². The SMILES string of the molecule is Cn1ncc(C(=O)OCCOCc2ccccc2)c1C(F)F. The number of hydrogen-bond donors (Lipinski definition) is 0. The Labute approximate surface area is 126 Å². The smallest absolute Gasteiger partial charge is 0.341 e. The number of rotatable bonds is 7. The third kappa shape index (κ3) is 4.11. The molecule has 0 unspecified atom stereocenters. The van der Waals surface area contributed by atoms with Crippen LogP contribution in [0.15, 0.2) is 36.5 Å². The number of esters is 1. The molecule has 0 aliphatic carbocycles. The fourth-order valence-corrected chi connectivity index (χ4v) is 1.90. The van der Waals surface area contributed by atoms with Crippen molar-refractivity contribution in [3.05, 3.63) is 53.3 Å². The molecule has 0 bridgehead atoms. The van der Waals surface area contributed by atoms with Crippen LogP contribution >= 0.6 is 0 Å². The van der Waals surface area contributed by atoms with E-state index in [2.05, 4.69) is 5.10 Å². The average Bonchev–Trinajstić information content (AvgIpc) is 2.90. The Morgan fingerprint density at radius 1 is 1.27 bits per heavy atom. The number of alkyl halides is 2. The number of halogens is 2. The molecule has 2 aromatic rings. The quantitative estimate of drug-likeness (QED) is 0.583. The zero-order valence-corrected chi connectivity index (χ0v) is 12.0. The molecule has 5 nitrogen and oxygen atoms in total. The van der Waals surface area contributed by atoms with Crippen LogP contribution in [0.5, 0.6) is 0 Å². The number of carbonyl (C=O) groups excluding carboxylic acids is 1. The molecule has 118 valence electrons. The number of aromatic nitrogens is 2. The highest BCUT2D eigenvalue weighted by atomic mass is 19.3. The van der Waals surface area contributed by atoms with Crippen molar-refractivity contribution < 1.29 is 23.0 Å². The van der Waals surface area contributed by atoms with E-state index in [0.29, 0.717) is 6.61 Å². The van der Waals surface area contributed by atoms with Crippen LogP contribution in [0.25, 0.3) is 0 Å². The van der Waals surface area contributed by atoms with Crippen molar-refractivity contribution in [2.45, 2.75) is 13.0 Å². The van der Waals surface area contributed by atoms with Crippen LogP contribution < -0.4 is 0 Å². The number of hydrogen-bond acceptors (Lipinski definition) is 4. The molecule has 0 spiro atoms. The maximum atomic E-state index is 12.8. The Morgan fingerprint density at radius 2 is 2.00 bits per heavy atom. The zero-order valence-electron chi connectivity index (χ0n) is 12.0. The lowest BCUT2D eigenvalue weighted by Crippen LogP contribution is -2.13. The number of aryl methyl sites for hydroxylation is 1. The highest BCUT2D eigenvalue weighted by Gasteiger charge is 2.24. The molecule has 0 aliphatic rings. The minimum atomic E-state index is -2.79. The van der Waals surface area contributed by atoms with Crippen molar-refractivity contribution in [2.24, 2.45) is 7.05 Å². The highest BCUT2D eigenvalue weighted by Crippen LogP contribution is 2.22. The second kappa shape index (κ2) is 7.65. The first kappa shape index (κ1) is 16.1. The van der Waals surface area contributed by atoms with Gasteiger partial charge in [0.15, 0.2) is 0 Å². The van der Waals surface area contributed by atoms with Crippen LogP contribution in [0, 0.1) is 0 Å². The van der Waals surface area contributed by atoms with Gasteiger partial charge in [0.2, 0.25) is 0 Å². The van der Waals surface area contributed by atoms with E-state index in [1.807, 2.05) is 30.3 Å². The largest absolute Gasteiger partial charge is 0.460 e. The Balaban J connectivity index is 1.76.